The SMILES string of the molecule is CCN(CC)C1CCN(C2CCC2CNC(C)(C)C)C1. The zero-order valence-electron chi connectivity index (χ0n) is 14.3. The molecule has 1 aliphatic carbocycles. The van der Waals surface area contributed by atoms with Crippen LogP contribution in [-0.2, 0) is 0 Å². The maximum absolute atomic E-state index is 3.70. The van der Waals surface area contributed by atoms with Crippen molar-refractivity contribution in [1.29, 1.82) is 0 Å². The van der Waals surface area contributed by atoms with Gasteiger partial charge in [0.25, 0.3) is 0 Å². The first-order valence-electron chi connectivity index (χ1n) is 8.67. The minimum Gasteiger partial charge on any atom is -0.312 e. The molecule has 2 fully saturated rings. The number of nitrogens with one attached hydrogen (secondary N) is 1. The van der Waals surface area contributed by atoms with Gasteiger partial charge in [0.15, 0.2) is 0 Å². The lowest BCUT2D eigenvalue weighted by Crippen LogP contribution is -2.52. The first kappa shape index (κ1) is 16.3. The smallest absolute Gasteiger partial charge is 0.0235 e. The van der Waals surface area contributed by atoms with Crippen LogP contribution in [0.4, 0.5) is 0 Å². The molecule has 1 saturated heterocycles. The molecule has 20 heavy (non-hydrogen) atoms. The second kappa shape index (κ2) is 6.76. The average molecular weight is 281 g/mol. The first-order chi connectivity index (χ1) is 9.44. The molecule has 1 saturated carbocycles. The Morgan fingerprint density at radius 1 is 1.10 bits per heavy atom. The van der Waals surface area contributed by atoms with Crippen molar-refractivity contribution in [2.75, 3.05) is 32.7 Å². The van der Waals surface area contributed by atoms with Crippen LogP contribution in [0.5, 0.6) is 0 Å². The van der Waals surface area contributed by atoms with Crippen molar-refractivity contribution in [2.45, 2.75) is 71.5 Å². The molecule has 3 atom stereocenters. The van der Waals surface area contributed by atoms with E-state index in [-0.39, 0.29) is 5.54 Å². The van der Waals surface area contributed by atoms with Gasteiger partial charge in [-0.1, -0.05) is 13.8 Å². The van der Waals surface area contributed by atoms with Crippen molar-refractivity contribution in [1.82, 2.24) is 15.1 Å². The van der Waals surface area contributed by atoms with Gasteiger partial charge >= 0.3 is 0 Å². The Kier molecular flexibility index (Phi) is 5.49. The van der Waals surface area contributed by atoms with Crippen LogP contribution >= 0.6 is 0 Å². The van der Waals surface area contributed by atoms with Gasteiger partial charge in [-0.2, -0.15) is 0 Å². The quantitative estimate of drug-likeness (QED) is 0.807. The minimum atomic E-state index is 0.259. The summed E-state index contributed by atoms with van der Waals surface area (Å²) in [5.74, 6) is 0.879. The lowest BCUT2D eigenvalue weighted by molar-refractivity contribution is 0.0701. The number of hydrogen-bond acceptors (Lipinski definition) is 3. The van der Waals surface area contributed by atoms with Crippen LogP contribution in [-0.4, -0.2) is 60.1 Å². The molecule has 2 aliphatic rings. The van der Waals surface area contributed by atoms with Crippen LogP contribution < -0.4 is 5.32 Å². The van der Waals surface area contributed by atoms with Gasteiger partial charge in [0.2, 0.25) is 0 Å². The minimum absolute atomic E-state index is 0.259. The Balaban J connectivity index is 1.78. The Labute approximate surface area is 126 Å². The van der Waals surface area contributed by atoms with Gasteiger partial charge in [-0.05, 0) is 65.6 Å². The Bertz CT molecular complexity index is 293. The third kappa shape index (κ3) is 3.96. The average Bonchev–Trinajstić information content (AvgIpc) is 2.77. The standard InChI is InChI=1S/C17H35N3/c1-6-19(7-2)15-10-11-20(13-15)16-9-8-14(16)12-18-17(3,4)5/h14-16,18H,6-13H2,1-5H3. The van der Waals surface area contributed by atoms with Crippen molar-refractivity contribution >= 4 is 0 Å². The molecule has 1 heterocycles. The van der Waals surface area contributed by atoms with Crippen LogP contribution in [0.2, 0.25) is 0 Å². The molecule has 3 nitrogen and oxygen atoms in total. The zero-order valence-corrected chi connectivity index (χ0v) is 14.3. The van der Waals surface area contributed by atoms with Crippen LogP contribution in [0.25, 0.3) is 0 Å². The summed E-state index contributed by atoms with van der Waals surface area (Å²) in [6.07, 6.45) is 4.21. The van der Waals surface area contributed by atoms with E-state index in [4.69, 9.17) is 0 Å². The summed E-state index contributed by atoms with van der Waals surface area (Å²) in [4.78, 5) is 5.42. The van der Waals surface area contributed by atoms with Crippen molar-refractivity contribution in [3.63, 3.8) is 0 Å². The highest BCUT2D eigenvalue weighted by molar-refractivity contribution is 4.95. The second-order valence-corrected chi connectivity index (χ2v) is 7.69. The number of likely N-dealkylation sites (tertiary alicyclic amines) is 1. The molecule has 0 aromatic heterocycles. The predicted molar refractivity (Wildman–Crippen MR) is 87.2 cm³/mol. The van der Waals surface area contributed by atoms with Gasteiger partial charge in [-0.25, -0.2) is 0 Å². The number of nitrogens with zero attached hydrogens (tertiary/aromatic N) is 2. The van der Waals surface area contributed by atoms with Gasteiger partial charge in [0.1, 0.15) is 0 Å². The molecule has 1 aliphatic heterocycles. The molecule has 1 N–H and O–H groups in total. The van der Waals surface area contributed by atoms with Crippen molar-refractivity contribution in [3.8, 4) is 0 Å². The molecule has 2 rings (SSSR count). The summed E-state index contributed by atoms with van der Waals surface area (Å²) in [6.45, 7) is 17.6. The molecular weight excluding hydrogens is 246 g/mol. The van der Waals surface area contributed by atoms with E-state index in [0.29, 0.717) is 0 Å². The van der Waals surface area contributed by atoms with E-state index in [0.717, 1.165) is 18.0 Å². The molecule has 0 bridgehead atoms. The number of likely N-dealkylation sites (N-methyl/N-ethyl adjacent to an activating group) is 1. The van der Waals surface area contributed by atoms with Gasteiger partial charge in [-0.3, -0.25) is 9.80 Å². The van der Waals surface area contributed by atoms with Crippen molar-refractivity contribution < 1.29 is 0 Å². The van der Waals surface area contributed by atoms with E-state index in [1.54, 1.807) is 0 Å². The summed E-state index contributed by atoms with van der Waals surface area (Å²) in [5.41, 5.74) is 0.259. The third-order valence-electron chi connectivity index (χ3n) is 5.26. The molecular formula is C17H35N3. The first-order valence-corrected chi connectivity index (χ1v) is 8.67. The second-order valence-electron chi connectivity index (χ2n) is 7.69. The highest BCUT2D eigenvalue weighted by Gasteiger charge is 2.39. The van der Waals surface area contributed by atoms with Crippen LogP contribution in [0, 0.1) is 5.92 Å². The van der Waals surface area contributed by atoms with E-state index in [9.17, 15) is 0 Å². The largest absolute Gasteiger partial charge is 0.312 e. The van der Waals surface area contributed by atoms with Gasteiger partial charge in [0.05, 0.1) is 0 Å². The molecule has 0 aromatic carbocycles. The van der Waals surface area contributed by atoms with Crippen molar-refractivity contribution in [2.24, 2.45) is 5.92 Å². The number of hydrogen-bond donors (Lipinski definition) is 1. The monoisotopic (exact) mass is 281 g/mol. The Morgan fingerprint density at radius 2 is 1.80 bits per heavy atom. The van der Waals surface area contributed by atoms with E-state index in [1.165, 1.54) is 52.0 Å². The third-order valence-corrected chi connectivity index (χ3v) is 5.26. The highest BCUT2D eigenvalue weighted by atomic mass is 15.3. The predicted octanol–water partition coefficient (Wildman–Crippen LogP) is 2.57. The molecule has 3 heteroatoms. The van der Waals surface area contributed by atoms with E-state index < -0.39 is 0 Å². The van der Waals surface area contributed by atoms with Gasteiger partial charge < -0.3 is 5.32 Å². The maximum atomic E-state index is 3.70. The summed E-state index contributed by atoms with van der Waals surface area (Å²) in [7, 11) is 0. The highest BCUT2D eigenvalue weighted by Crippen LogP contribution is 2.34. The van der Waals surface area contributed by atoms with E-state index >= 15 is 0 Å². The molecule has 0 aromatic rings. The summed E-state index contributed by atoms with van der Waals surface area (Å²) in [5, 5.41) is 3.70. The summed E-state index contributed by atoms with van der Waals surface area (Å²) < 4.78 is 0. The van der Waals surface area contributed by atoms with Gasteiger partial charge in [-0.15, -0.1) is 0 Å². The van der Waals surface area contributed by atoms with Crippen LogP contribution in [0.3, 0.4) is 0 Å². The van der Waals surface area contributed by atoms with E-state index in [1.807, 2.05) is 0 Å². The lowest BCUT2D eigenvalue weighted by atomic mass is 9.78. The fourth-order valence-electron chi connectivity index (χ4n) is 3.81. The van der Waals surface area contributed by atoms with E-state index in [2.05, 4.69) is 49.7 Å². The zero-order chi connectivity index (χ0) is 14.8. The normalized spacial score (nSPS) is 31.8. The summed E-state index contributed by atoms with van der Waals surface area (Å²) in [6, 6.07) is 1.66. The lowest BCUT2D eigenvalue weighted by Gasteiger charge is -2.44. The number of rotatable bonds is 6. The fourth-order valence-corrected chi connectivity index (χ4v) is 3.81. The molecule has 0 amide bonds. The summed E-state index contributed by atoms with van der Waals surface area (Å²) >= 11 is 0. The molecule has 0 spiro atoms. The topological polar surface area (TPSA) is 18.5 Å². The van der Waals surface area contributed by atoms with Gasteiger partial charge in [0, 0.05) is 30.7 Å². The molecule has 3 unspecified atom stereocenters. The maximum Gasteiger partial charge on any atom is 0.0235 e. The molecule has 0 radical (unpaired) electrons. The van der Waals surface area contributed by atoms with Crippen molar-refractivity contribution in [3.05, 3.63) is 0 Å². The van der Waals surface area contributed by atoms with Crippen LogP contribution in [0.1, 0.15) is 53.9 Å². The fraction of sp³-hybridized carbons (Fsp3) is 1.00. The Hall–Kier alpha value is -0.120. The molecule has 118 valence electrons. The van der Waals surface area contributed by atoms with Crippen LogP contribution in [0.15, 0.2) is 0 Å². The Morgan fingerprint density at radius 3 is 2.30 bits per heavy atom.